The molecule has 0 amide bonds. The third kappa shape index (κ3) is 4.86. The Hall–Kier alpha value is -2.48. The monoisotopic (exact) mass is 664 g/mol. The topological polar surface area (TPSA) is 132 Å². The first-order chi connectivity index (χ1) is 21.1. The number of rotatable bonds is 7. The molecule has 4 aliphatic heterocycles. The van der Waals surface area contributed by atoms with Crippen LogP contribution in [0.5, 0.6) is 0 Å². The van der Waals surface area contributed by atoms with Crippen molar-refractivity contribution in [2.24, 2.45) is 5.92 Å². The summed E-state index contributed by atoms with van der Waals surface area (Å²) in [4.78, 5) is 39.3. The summed E-state index contributed by atoms with van der Waals surface area (Å²) in [5, 5.41) is -0.0791. The van der Waals surface area contributed by atoms with Gasteiger partial charge in [0.1, 0.15) is 35.4 Å². The first-order valence-electron chi connectivity index (χ1n) is 15.9. The number of hydrogen-bond acceptors (Lipinski definition) is 12. The van der Waals surface area contributed by atoms with Crippen molar-refractivity contribution in [3.05, 3.63) is 23.2 Å². The Bertz CT molecular complexity index is 1380. The average Bonchev–Trinajstić information content (AvgIpc) is 3.31. The Kier molecular flexibility index (Phi) is 7.97. The van der Waals surface area contributed by atoms with Crippen LogP contribution in [-0.2, 0) is 42.4 Å². The van der Waals surface area contributed by atoms with Crippen LogP contribution in [0.4, 0.5) is 0 Å². The molecule has 248 valence electrons. The molecule has 0 N–H and O–H groups in total. The molecule has 0 unspecified atom stereocenters. The molecule has 1 aromatic heterocycles. The Labute approximate surface area is 270 Å². The van der Waals surface area contributed by atoms with Crippen LogP contribution in [0.25, 0.3) is 0 Å². The molecular formula is C32H44O11SSi. The fraction of sp³-hybridized carbons (Fsp3) is 0.750. The molecule has 5 heterocycles. The largest absolute Gasteiger partial charge is 0.465 e. The van der Waals surface area contributed by atoms with E-state index in [9.17, 15) is 14.4 Å². The lowest BCUT2D eigenvalue weighted by Gasteiger charge is -2.52. The summed E-state index contributed by atoms with van der Waals surface area (Å²) in [6.45, 7) is 16.5. The van der Waals surface area contributed by atoms with Crippen LogP contribution in [0, 0.1) is 5.92 Å². The van der Waals surface area contributed by atoms with Gasteiger partial charge in [-0.1, -0.05) is 41.5 Å². The van der Waals surface area contributed by atoms with Gasteiger partial charge in [0, 0.05) is 37.6 Å². The molecule has 11 nitrogen and oxygen atoms in total. The Balaban J connectivity index is 1.49. The summed E-state index contributed by atoms with van der Waals surface area (Å²) in [5.74, 6) is -1.44. The molecule has 0 spiro atoms. The van der Waals surface area contributed by atoms with Crippen molar-refractivity contribution in [1.29, 1.82) is 0 Å². The zero-order valence-electron chi connectivity index (χ0n) is 27.4. The Morgan fingerprint density at radius 3 is 2.31 bits per heavy atom. The lowest BCUT2D eigenvalue weighted by Crippen LogP contribution is -2.56. The van der Waals surface area contributed by atoms with Gasteiger partial charge in [-0.15, -0.1) is 0 Å². The number of esters is 3. The van der Waals surface area contributed by atoms with Crippen LogP contribution in [0.2, 0.25) is 16.6 Å². The molecule has 1 aliphatic carbocycles. The van der Waals surface area contributed by atoms with Gasteiger partial charge in [0.05, 0.1) is 7.11 Å². The molecule has 5 aliphatic rings. The minimum absolute atomic E-state index is 0.0791. The van der Waals surface area contributed by atoms with Gasteiger partial charge >= 0.3 is 23.1 Å². The lowest BCUT2D eigenvalue weighted by atomic mass is 9.65. The van der Waals surface area contributed by atoms with Crippen LogP contribution in [0.15, 0.2) is 10.5 Å². The van der Waals surface area contributed by atoms with E-state index in [0.29, 0.717) is 34.6 Å². The SMILES string of the molecule is COC(=O)c1cc2oc1[C@H]1C[C@H](O[Si](C(C)C)(C(C)C)C(C)C)[C@@H]1C[C@@H](OC(C)=O)[C@]13O[C@H]1[C@H](C[C@]1(C)OC(=S)O[C@@H]21)OC3=O. The molecular weight excluding hydrogens is 620 g/mol. The quantitative estimate of drug-likeness (QED) is 0.117. The molecule has 4 fully saturated rings. The van der Waals surface area contributed by atoms with Gasteiger partial charge in [-0.3, -0.25) is 4.79 Å². The van der Waals surface area contributed by atoms with Gasteiger partial charge in [0.2, 0.25) is 13.9 Å². The maximum atomic E-state index is 13.6. The van der Waals surface area contributed by atoms with Gasteiger partial charge in [-0.05, 0) is 48.4 Å². The van der Waals surface area contributed by atoms with Gasteiger partial charge in [0.25, 0.3) is 0 Å². The molecule has 3 saturated heterocycles. The molecule has 1 aromatic rings. The highest BCUT2D eigenvalue weighted by atomic mass is 32.1. The van der Waals surface area contributed by atoms with Crippen molar-refractivity contribution in [2.45, 2.75) is 139 Å². The standard InChI is InChI=1S/C32H44O11SSi/c1-14(2)45(15(3)4,16(5)6)43-21-10-19-18(21)12-24(37-17(7)33)32-27(41-32)23(39-29(32)35)13-31(8)26(40-30(44)42-31)22-11-20(25(19)38-22)28(34)36-9/h11,14-16,18-19,21,23-24,26-27H,10,12-13H2,1-9H3/t18-,19+,21+,23+,24-,26+,27+,31+,32+/m1/s1. The number of carbonyl (C=O) groups excluding carboxylic acids is 3. The molecule has 0 radical (unpaired) electrons. The minimum atomic E-state index is -2.35. The normalized spacial score (nSPS) is 36.8. The summed E-state index contributed by atoms with van der Waals surface area (Å²) in [6.07, 6.45) is -2.37. The van der Waals surface area contributed by atoms with Crippen LogP contribution < -0.4 is 0 Å². The van der Waals surface area contributed by atoms with E-state index in [4.69, 9.17) is 49.5 Å². The number of epoxide rings is 1. The summed E-state index contributed by atoms with van der Waals surface area (Å²) < 4.78 is 48.9. The van der Waals surface area contributed by atoms with Crippen molar-refractivity contribution < 1.29 is 51.6 Å². The highest BCUT2D eigenvalue weighted by molar-refractivity contribution is 7.79. The smallest absolute Gasteiger partial charge is 0.353 e. The first-order valence-corrected chi connectivity index (χ1v) is 18.5. The van der Waals surface area contributed by atoms with E-state index in [-0.39, 0.29) is 41.6 Å². The zero-order valence-corrected chi connectivity index (χ0v) is 29.2. The van der Waals surface area contributed by atoms with E-state index in [1.165, 1.54) is 14.0 Å². The number of furan rings is 1. The Morgan fingerprint density at radius 2 is 1.73 bits per heavy atom. The number of carbonyl (C=O) groups is 3. The second-order valence-electron chi connectivity index (χ2n) is 14.4. The lowest BCUT2D eigenvalue weighted by molar-refractivity contribution is -0.169. The molecule has 45 heavy (non-hydrogen) atoms. The van der Waals surface area contributed by atoms with Crippen LogP contribution in [0.3, 0.4) is 0 Å². The van der Waals surface area contributed by atoms with E-state index >= 15 is 0 Å². The highest BCUT2D eigenvalue weighted by Gasteiger charge is 2.79. The summed E-state index contributed by atoms with van der Waals surface area (Å²) in [7, 11) is -1.03. The number of methoxy groups -OCH3 is 1. The van der Waals surface area contributed by atoms with Crippen LogP contribution in [0.1, 0.15) is 109 Å². The zero-order chi connectivity index (χ0) is 32.8. The second-order valence-corrected chi connectivity index (χ2v) is 20.1. The highest BCUT2D eigenvalue weighted by Crippen LogP contribution is 2.60. The number of thiocarbonyl (C=S) groups is 1. The average molecular weight is 665 g/mol. The summed E-state index contributed by atoms with van der Waals surface area (Å²) >= 11 is 5.31. The number of ether oxygens (including phenoxy) is 6. The first kappa shape index (κ1) is 32.5. The van der Waals surface area contributed by atoms with Crippen molar-refractivity contribution >= 4 is 43.7 Å². The molecule has 13 heteroatoms. The van der Waals surface area contributed by atoms with Gasteiger partial charge < -0.3 is 37.3 Å². The van der Waals surface area contributed by atoms with Crippen molar-refractivity contribution in [1.82, 2.24) is 0 Å². The molecule has 6 rings (SSSR count). The van der Waals surface area contributed by atoms with Crippen molar-refractivity contribution in [3.63, 3.8) is 0 Å². The molecule has 4 bridgehead atoms. The maximum Gasteiger partial charge on any atom is 0.353 e. The minimum Gasteiger partial charge on any atom is -0.465 e. The summed E-state index contributed by atoms with van der Waals surface area (Å²) in [6, 6.07) is 1.63. The number of fused-ring (bicyclic) bond motifs is 6. The predicted molar refractivity (Wildman–Crippen MR) is 165 cm³/mol. The Morgan fingerprint density at radius 1 is 1.07 bits per heavy atom. The second kappa shape index (κ2) is 11.1. The summed E-state index contributed by atoms with van der Waals surface area (Å²) in [5.41, 5.74) is -1.28. The van der Waals surface area contributed by atoms with Gasteiger partial charge in [-0.25, -0.2) is 9.59 Å². The fourth-order valence-corrected chi connectivity index (χ4v) is 14.8. The third-order valence-electron chi connectivity index (χ3n) is 10.9. The van der Waals surface area contributed by atoms with E-state index in [1.54, 1.807) is 13.0 Å². The fourth-order valence-electron chi connectivity index (χ4n) is 8.86. The van der Waals surface area contributed by atoms with Crippen LogP contribution in [-0.4, -0.2) is 74.2 Å². The maximum absolute atomic E-state index is 13.6. The number of hydrogen-bond donors (Lipinski definition) is 0. The van der Waals surface area contributed by atoms with Crippen molar-refractivity contribution in [2.75, 3.05) is 7.11 Å². The molecule has 9 atom stereocenters. The molecule has 0 aromatic carbocycles. The van der Waals surface area contributed by atoms with Gasteiger partial charge in [-0.2, -0.15) is 0 Å². The van der Waals surface area contributed by atoms with E-state index in [1.807, 2.05) is 0 Å². The van der Waals surface area contributed by atoms with Gasteiger partial charge in [0.15, 0.2) is 11.7 Å². The van der Waals surface area contributed by atoms with Crippen LogP contribution >= 0.6 is 12.2 Å². The van der Waals surface area contributed by atoms with E-state index in [2.05, 4.69) is 41.5 Å². The predicted octanol–water partition coefficient (Wildman–Crippen LogP) is 5.65. The molecule has 1 saturated carbocycles. The van der Waals surface area contributed by atoms with Crippen molar-refractivity contribution in [3.8, 4) is 0 Å². The third-order valence-corrected chi connectivity index (χ3v) is 17.2. The van der Waals surface area contributed by atoms with E-state index < -0.39 is 61.8 Å². The van der Waals surface area contributed by atoms with E-state index in [0.717, 1.165) is 0 Å².